The summed E-state index contributed by atoms with van der Waals surface area (Å²) < 4.78 is 26.7. The molecule has 38 heavy (non-hydrogen) atoms. The lowest BCUT2D eigenvalue weighted by molar-refractivity contribution is 0.0836. The van der Waals surface area contributed by atoms with Gasteiger partial charge in [0.05, 0.1) is 22.1 Å². The molecule has 11 heteroatoms. The summed E-state index contributed by atoms with van der Waals surface area (Å²) in [4.78, 5) is 31.1. The Kier molecular flexibility index (Phi) is 7.69. The van der Waals surface area contributed by atoms with Crippen LogP contribution in [-0.4, -0.2) is 37.7 Å². The van der Waals surface area contributed by atoms with Crippen molar-refractivity contribution < 1.29 is 13.9 Å². The summed E-state index contributed by atoms with van der Waals surface area (Å²) in [7, 11) is 0. The molecule has 1 aliphatic heterocycles. The van der Waals surface area contributed by atoms with Crippen LogP contribution < -0.4 is 10.3 Å². The number of halogens is 3. The SMILES string of the molecule is Cc1cnc(-c2ccnc(C3CCOCC3)n2)cc1-n1c(C)cc(OCc2ncc(Cl)cc2F)c(Cl)c1=O. The fraction of sp³-hybridized carbons (Fsp3) is 0.296. The van der Waals surface area contributed by atoms with E-state index in [1.165, 1.54) is 10.8 Å². The molecule has 1 aliphatic rings. The monoisotopic (exact) mass is 555 g/mol. The van der Waals surface area contributed by atoms with Crippen molar-refractivity contribution in [2.45, 2.75) is 39.2 Å². The van der Waals surface area contributed by atoms with Crippen LogP contribution in [0, 0.1) is 19.7 Å². The predicted octanol–water partition coefficient (Wildman–Crippen LogP) is 5.62. The number of pyridine rings is 3. The Bertz CT molecular complexity index is 1560. The van der Waals surface area contributed by atoms with Crippen molar-refractivity contribution in [3.63, 3.8) is 0 Å². The van der Waals surface area contributed by atoms with E-state index >= 15 is 0 Å². The zero-order chi connectivity index (χ0) is 26.8. The fourth-order valence-electron chi connectivity index (χ4n) is 4.34. The smallest absolute Gasteiger partial charge is 0.277 e. The van der Waals surface area contributed by atoms with E-state index in [0.717, 1.165) is 30.3 Å². The van der Waals surface area contributed by atoms with Crippen molar-refractivity contribution in [3.05, 3.63) is 91.8 Å². The predicted molar refractivity (Wildman–Crippen MR) is 142 cm³/mol. The number of hydrogen-bond acceptors (Lipinski definition) is 7. The van der Waals surface area contributed by atoms with Crippen molar-refractivity contribution in [1.82, 2.24) is 24.5 Å². The third-order valence-electron chi connectivity index (χ3n) is 6.39. The largest absolute Gasteiger partial charge is 0.485 e. The zero-order valence-corrected chi connectivity index (χ0v) is 22.3. The Morgan fingerprint density at radius 3 is 2.63 bits per heavy atom. The molecule has 0 aliphatic carbocycles. The normalized spacial score (nSPS) is 14.0. The molecule has 1 saturated heterocycles. The van der Waals surface area contributed by atoms with Gasteiger partial charge in [-0.3, -0.25) is 19.3 Å². The molecule has 0 radical (unpaired) electrons. The molecule has 0 spiro atoms. The summed E-state index contributed by atoms with van der Waals surface area (Å²) in [5.74, 6) is 0.523. The highest BCUT2D eigenvalue weighted by Gasteiger charge is 2.20. The number of ether oxygens (including phenoxy) is 2. The van der Waals surface area contributed by atoms with Crippen LogP contribution in [0.4, 0.5) is 4.39 Å². The lowest BCUT2D eigenvalue weighted by atomic mass is 9.99. The molecule has 0 N–H and O–H groups in total. The summed E-state index contributed by atoms with van der Waals surface area (Å²) in [5, 5.41) is 0.0446. The van der Waals surface area contributed by atoms with Crippen LogP contribution in [0.1, 0.15) is 41.5 Å². The standard InChI is InChI=1S/C27H24Cl2FN5O3/c1-15-12-32-21(20-3-6-31-26(34-20)17-4-7-37-8-5-17)11-23(15)35-16(2)9-24(25(29)27(35)36)38-14-22-19(30)10-18(28)13-33-22/h3,6,9-13,17H,4-5,7-8,14H2,1-2H3. The van der Waals surface area contributed by atoms with Gasteiger partial charge in [-0.25, -0.2) is 14.4 Å². The highest BCUT2D eigenvalue weighted by molar-refractivity contribution is 6.31. The second-order valence-corrected chi connectivity index (χ2v) is 9.83. The third-order valence-corrected chi connectivity index (χ3v) is 6.94. The highest BCUT2D eigenvalue weighted by atomic mass is 35.5. The Morgan fingerprint density at radius 1 is 1.08 bits per heavy atom. The molecule has 8 nitrogen and oxygen atoms in total. The van der Waals surface area contributed by atoms with Gasteiger partial charge in [0.15, 0.2) is 0 Å². The maximum Gasteiger partial charge on any atom is 0.277 e. The number of nitrogens with zero attached hydrogens (tertiary/aromatic N) is 5. The van der Waals surface area contributed by atoms with Crippen molar-refractivity contribution in [1.29, 1.82) is 0 Å². The van der Waals surface area contributed by atoms with Gasteiger partial charge in [-0.15, -0.1) is 0 Å². The molecule has 0 bridgehead atoms. The lowest BCUT2D eigenvalue weighted by Gasteiger charge is -2.21. The van der Waals surface area contributed by atoms with Crippen molar-refractivity contribution in [2.75, 3.05) is 13.2 Å². The first-order chi connectivity index (χ1) is 18.3. The molecule has 0 aromatic carbocycles. The van der Waals surface area contributed by atoms with Crippen LogP contribution in [-0.2, 0) is 11.3 Å². The van der Waals surface area contributed by atoms with E-state index in [9.17, 15) is 9.18 Å². The average molecular weight is 556 g/mol. The molecule has 5 rings (SSSR count). The van der Waals surface area contributed by atoms with Gasteiger partial charge in [0.2, 0.25) is 0 Å². The van der Waals surface area contributed by atoms with E-state index in [0.29, 0.717) is 36.0 Å². The number of aryl methyl sites for hydroxylation is 2. The molecule has 0 saturated carbocycles. The second-order valence-electron chi connectivity index (χ2n) is 9.02. The van der Waals surface area contributed by atoms with Gasteiger partial charge in [0.1, 0.15) is 34.7 Å². The molecule has 0 unspecified atom stereocenters. The maximum absolute atomic E-state index is 14.1. The van der Waals surface area contributed by atoms with Gasteiger partial charge in [0, 0.05) is 49.5 Å². The van der Waals surface area contributed by atoms with E-state index in [-0.39, 0.29) is 34.0 Å². The Hall–Kier alpha value is -3.40. The molecule has 0 atom stereocenters. The van der Waals surface area contributed by atoms with Crippen LogP contribution in [0.2, 0.25) is 10.0 Å². The van der Waals surface area contributed by atoms with Crippen molar-refractivity contribution >= 4 is 23.2 Å². The first-order valence-corrected chi connectivity index (χ1v) is 12.8. The minimum absolute atomic E-state index is 0.0480. The molecular weight excluding hydrogens is 532 g/mol. The van der Waals surface area contributed by atoms with Crippen LogP contribution in [0.3, 0.4) is 0 Å². The summed E-state index contributed by atoms with van der Waals surface area (Å²) in [6, 6.07) is 6.38. The summed E-state index contributed by atoms with van der Waals surface area (Å²) in [6.45, 7) is 4.79. The summed E-state index contributed by atoms with van der Waals surface area (Å²) >= 11 is 12.2. The molecule has 5 heterocycles. The quantitative estimate of drug-likeness (QED) is 0.305. The Labute approximate surface area is 228 Å². The maximum atomic E-state index is 14.1. The lowest BCUT2D eigenvalue weighted by Crippen LogP contribution is -2.23. The van der Waals surface area contributed by atoms with E-state index < -0.39 is 11.4 Å². The zero-order valence-electron chi connectivity index (χ0n) is 20.7. The van der Waals surface area contributed by atoms with Crippen LogP contribution >= 0.6 is 23.2 Å². The molecule has 4 aromatic heterocycles. The molecule has 4 aromatic rings. The van der Waals surface area contributed by atoms with Crippen LogP contribution in [0.15, 0.2) is 47.7 Å². The molecular formula is C27H24Cl2FN5O3. The first kappa shape index (κ1) is 26.2. The van der Waals surface area contributed by atoms with Gasteiger partial charge in [0.25, 0.3) is 5.56 Å². The van der Waals surface area contributed by atoms with E-state index in [1.807, 2.05) is 13.0 Å². The Morgan fingerprint density at radius 2 is 1.87 bits per heavy atom. The Balaban J connectivity index is 1.47. The van der Waals surface area contributed by atoms with E-state index in [2.05, 4.69) is 15.0 Å². The van der Waals surface area contributed by atoms with Gasteiger partial charge < -0.3 is 9.47 Å². The molecule has 1 fully saturated rings. The third kappa shape index (κ3) is 5.41. The summed E-state index contributed by atoms with van der Waals surface area (Å²) in [5.41, 5.74) is 2.80. The van der Waals surface area contributed by atoms with Gasteiger partial charge in [-0.05, 0) is 50.5 Å². The van der Waals surface area contributed by atoms with Crippen molar-refractivity contribution in [2.24, 2.45) is 0 Å². The summed E-state index contributed by atoms with van der Waals surface area (Å²) in [6.07, 6.45) is 6.49. The highest BCUT2D eigenvalue weighted by Crippen LogP contribution is 2.29. The van der Waals surface area contributed by atoms with Gasteiger partial charge in [-0.2, -0.15) is 0 Å². The minimum atomic E-state index is -0.608. The van der Waals surface area contributed by atoms with Gasteiger partial charge in [-0.1, -0.05) is 23.2 Å². The average Bonchev–Trinajstić information content (AvgIpc) is 2.92. The number of rotatable bonds is 6. The number of hydrogen-bond donors (Lipinski definition) is 0. The van der Waals surface area contributed by atoms with Crippen LogP contribution in [0.25, 0.3) is 17.1 Å². The van der Waals surface area contributed by atoms with E-state index in [1.54, 1.807) is 31.5 Å². The molecule has 196 valence electrons. The van der Waals surface area contributed by atoms with Gasteiger partial charge >= 0.3 is 0 Å². The first-order valence-electron chi connectivity index (χ1n) is 12.0. The number of aromatic nitrogens is 5. The minimum Gasteiger partial charge on any atom is -0.485 e. The van der Waals surface area contributed by atoms with Crippen molar-refractivity contribution in [3.8, 4) is 22.8 Å². The topological polar surface area (TPSA) is 92.0 Å². The second kappa shape index (κ2) is 11.1. The van der Waals surface area contributed by atoms with Crippen LogP contribution in [0.5, 0.6) is 5.75 Å². The fourth-order valence-corrected chi connectivity index (χ4v) is 4.68. The van der Waals surface area contributed by atoms with E-state index in [4.69, 9.17) is 37.7 Å². The molecule has 0 amide bonds.